The van der Waals surface area contributed by atoms with Crippen molar-refractivity contribution in [3.8, 4) is 0 Å². The van der Waals surface area contributed by atoms with Crippen molar-refractivity contribution in [2.24, 2.45) is 5.92 Å². The first-order valence-corrected chi connectivity index (χ1v) is 7.50. The van der Waals surface area contributed by atoms with E-state index in [1.54, 1.807) is 0 Å². The maximum atomic E-state index is 11.0. The topological polar surface area (TPSA) is 49.3 Å². The molecule has 1 aliphatic carbocycles. The van der Waals surface area contributed by atoms with Crippen molar-refractivity contribution in [2.75, 3.05) is 0 Å². The summed E-state index contributed by atoms with van der Waals surface area (Å²) in [6, 6.07) is -0.395. The van der Waals surface area contributed by atoms with E-state index in [1.165, 1.54) is 57.8 Å². The molecule has 4 heteroatoms. The Labute approximate surface area is 107 Å². The highest BCUT2D eigenvalue weighted by atomic mass is 31.0. The number of rotatable bonds is 4. The minimum absolute atomic E-state index is 0.395. The second-order valence-corrected chi connectivity index (χ2v) is 5.54. The minimum atomic E-state index is -0.725. The van der Waals surface area contributed by atoms with Gasteiger partial charge in [-0.1, -0.05) is 67.2 Å². The number of hydrogen-bond acceptors (Lipinski definition) is 2. The molecule has 2 unspecified atom stereocenters. The molecule has 0 aliphatic heterocycles. The van der Waals surface area contributed by atoms with Crippen LogP contribution in [0.3, 0.4) is 0 Å². The number of carbonyl (C=O) groups is 1. The van der Waals surface area contributed by atoms with Crippen LogP contribution in [0.2, 0.25) is 0 Å². The number of carboxylic acids is 1. The molecular formula is C13H26NO2P. The van der Waals surface area contributed by atoms with Gasteiger partial charge in [0.15, 0.2) is 0 Å². The number of aliphatic carboxylic acids is 1. The summed E-state index contributed by atoms with van der Waals surface area (Å²) in [5.41, 5.74) is 0. The second kappa shape index (κ2) is 8.88. The van der Waals surface area contributed by atoms with Gasteiger partial charge in [0.1, 0.15) is 6.04 Å². The van der Waals surface area contributed by atoms with Crippen molar-refractivity contribution < 1.29 is 9.90 Å². The minimum Gasteiger partial charge on any atom is -0.480 e. The lowest BCUT2D eigenvalue weighted by Gasteiger charge is -2.21. The third-order valence-electron chi connectivity index (χ3n) is 3.79. The molecule has 100 valence electrons. The average molecular weight is 259 g/mol. The predicted molar refractivity (Wildman–Crippen MR) is 73.9 cm³/mol. The van der Waals surface area contributed by atoms with Gasteiger partial charge in [-0.15, -0.1) is 0 Å². The van der Waals surface area contributed by atoms with Gasteiger partial charge in [-0.2, -0.15) is 0 Å². The molecule has 0 aromatic heterocycles. The average Bonchev–Trinajstić information content (AvgIpc) is 2.33. The Morgan fingerprint density at radius 2 is 1.59 bits per heavy atom. The van der Waals surface area contributed by atoms with E-state index in [-0.39, 0.29) is 0 Å². The van der Waals surface area contributed by atoms with Crippen LogP contribution in [0.15, 0.2) is 0 Å². The molecule has 3 nitrogen and oxygen atoms in total. The van der Waals surface area contributed by atoms with Gasteiger partial charge in [0, 0.05) is 0 Å². The SMILES string of the molecule is O=C(O)C(CC1CCCCCCCCC1)NP. The summed E-state index contributed by atoms with van der Waals surface area (Å²) in [6.07, 6.45) is 12.5. The largest absolute Gasteiger partial charge is 0.480 e. The Morgan fingerprint density at radius 1 is 1.12 bits per heavy atom. The molecule has 0 radical (unpaired) electrons. The van der Waals surface area contributed by atoms with E-state index in [4.69, 9.17) is 5.11 Å². The van der Waals surface area contributed by atoms with Gasteiger partial charge in [0.25, 0.3) is 0 Å². The van der Waals surface area contributed by atoms with Crippen LogP contribution in [0.4, 0.5) is 0 Å². The van der Waals surface area contributed by atoms with Gasteiger partial charge in [-0.25, -0.2) is 0 Å². The normalized spacial score (nSPS) is 21.9. The molecular weight excluding hydrogens is 233 g/mol. The van der Waals surface area contributed by atoms with Crippen LogP contribution in [0.25, 0.3) is 0 Å². The zero-order valence-corrected chi connectivity index (χ0v) is 11.8. The maximum absolute atomic E-state index is 11.0. The first kappa shape index (κ1) is 14.9. The van der Waals surface area contributed by atoms with Crippen molar-refractivity contribution >= 4 is 15.4 Å². The molecule has 1 saturated carbocycles. The first-order valence-electron chi connectivity index (χ1n) is 6.93. The number of nitrogens with one attached hydrogen (secondary N) is 1. The predicted octanol–water partition coefficient (Wildman–Crippen LogP) is 3.35. The van der Waals surface area contributed by atoms with E-state index in [0.717, 1.165) is 6.42 Å². The first-order chi connectivity index (χ1) is 8.24. The van der Waals surface area contributed by atoms with Crippen LogP contribution in [-0.4, -0.2) is 17.1 Å². The zero-order chi connectivity index (χ0) is 12.5. The monoisotopic (exact) mass is 259 g/mol. The van der Waals surface area contributed by atoms with Crippen LogP contribution in [0, 0.1) is 5.92 Å². The fraction of sp³-hybridized carbons (Fsp3) is 0.923. The Balaban J connectivity index is 2.38. The highest BCUT2D eigenvalue weighted by Crippen LogP contribution is 2.25. The Morgan fingerprint density at radius 3 is 2.00 bits per heavy atom. The molecule has 2 N–H and O–H groups in total. The van der Waals surface area contributed by atoms with E-state index in [0.29, 0.717) is 5.92 Å². The zero-order valence-electron chi connectivity index (χ0n) is 10.7. The van der Waals surface area contributed by atoms with Crippen LogP contribution in [-0.2, 0) is 4.79 Å². The molecule has 1 aliphatic rings. The Kier molecular flexibility index (Phi) is 7.79. The van der Waals surface area contributed by atoms with Gasteiger partial charge < -0.3 is 5.11 Å². The van der Waals surface area contributed by atoms with Gasteiger partial charge >= 0.3 is 5.97 Å². The van der Waals surface area contributed by atoms with E-state index in [2.05, 4.69) is 14.5 Å². The fourth-order valence-corrected chi connectivity index (χ4v) is 2.98. The van der Waals surface area contributed by atoms with E-state index >= 15 is 0 Å². The lowest BCUT2D eigenvalue weighted by molar-refractivity contribution is -0.139. The molecule has 1 fully saturated rings. The van der Waals surface area contributed by atoms with E-state index < -0.39 is 12.0 Å². The quantitative estimate of drug-likeness (QED) is 0.761. The standard InChI is InChI=1S/C13H26NO2P/c15-13(16)12(14-17)10-11-8-6-4-2-1-3-5-7-9-11/h11-12,14H,1-10,17H2,(H,15,16). The van der Waals surface area contributed by atoms with Gasteiger partial charge in [-0.3, -0.25) is 9.88 Å². The molecule has 0 heterocycles. The molecule has 2 atom stereocenters. The molecule has 0 spiro atoms. The Bertz CT molecular complexity index is 213. The van der Waals surface area contributed by atoms with Crippen molar-refractivity contribution in [1.29, 1.82) is 0 Å². The summed E-state index contributed by atoms with van der Waals surface area (Å²) in [4.78, 5) is 11.0. The molecule has 17 heavy (non-hydrogen) atoms. The smallest absolute Gasteiger partial charge is 0.320 e. The number of hydrogen-bond donors (Lipinski definition) is 2. The van der Waals surface area contributed by atoms with Gasteiger partial charge in [-0.05, 0) is 12.3 Å². The highest BCUT2D eigenvalue weighted by molar-refractivity contribution is 7.13. The lowest BCUT2D eigenvalue weighted by Crippen LogP contribution is -2.32. The van der Waals surface area contributed by atoms with Crippen molar-refractivity contribution in [3.05, 3.63) is 0 Å². The molecule has 0 amide bonds. The highest BCUT2D eigenvalue weighted by Gasteiger charge is 2.20. The molecule has 1 rings (SSSR count). The fourth-order valence-electron chi connectivity index (χ4n) is 2.70. The second-order valence-electron chi connectivity index (χ2n) is 5.21. The van der Waals surface area contributed by atoms with Crippen LogP contribution in [0.1, 0.15) is 64.2 Å². The molecule has 0 saturated heterocycles. The number of carboxylic acid groups (broad SMARTS) is 1. The molecule has 0 bridgehead atoms. The van der Waals surface area contributed by atoms with E-state index in [1.807, 2.05) is 0 Å². The summed E-state index contributed by atoms with van der Waals surface area (Å²) in [6.45, 7) is 0. The van der Waals surface area contributed by atoms with Crippen molar-refractivity contribution in [3.63, 3.8) is 0 Å². The lowest BCUT2D eigenvalue weighted by atomic mass is 9.88. The van der Waals surface area contributed by atoms with Crippen molar-refractivity contribution in [2.45, 2.75) is 70.3 Å². The van der Waals surface area contributed by atoms with Gasteiger partial charge in [0.05, 0.1) is 0 Å². The summed E-state index contributed by atoms with van der Waals surface area (Å²) >= 11 is 0. The molecule has 0 aromatic carbocycles. The summed E-state index contributed by atoms with van der Waals surface area (Å²) < 4.78 is 0. The maximum Gasteiger partial charge on any atom is 0.320 e. The van der Waals surface area contributed by atoms with E-state index in [9.17, 15) is 4.79 Å². The van der Waals surface area contributed by atoms with Crippen LogP contribution in [0.5, 0.6) is 0 Å². The third kappa shape index (κ3) is 6.38. The van der Waals surface area contributed by atoms with Crippen molar-refractivity contribution in [1.82, 2.24) is 5.09 Å². The Hall–Kier alpha value is -0.140. The summed E-state index contributed by atoms with van der Waals surface area (Å²) in [5.74, 6) is -0.139. The summed E-state index contributed by atoms with van der Waals surface area (Å²) in [7, 11) is 2.34. The molecule has 0 aromatic rings. The van der Waals surface area contributed by atoms with Crippen LogP contribution < -0.4 is 5.09 Å². The van der Waals surface area contributed by atoms with Gasteiger partial charge in [0.2, 0.25) is 0 Å². The third-order valence-corrected chi connectivity index (χ3v) is 4.20. The van der Waals surface area contributed by atoms with Crippen LogP contribution >= 0.6 is 9.39 Å². The summed E-state index contributed by atoms with van der Waals surface area (Å²) in [5, 5.41) is 11.9.